The predicted molar refractivity (Wildman–Crippen MR) is 99.2 cm³/mol. The van der Waals surface area contributed by atoms with E-state index < -0.39 is 0 Å². The van der Waals surface area contributed by atoms with Crippen LogP contribution in [-0.4, -0.2) is 48.3 Å². The van der Waals surface area contributed by atoms with Crippen molar-refractivity contribution in [3.63, 3.8) is 0 Å². The lowest BCUT2D eigenvalue weighted by Crippen LogP contribution is -2.47. The molecule has 0 aliphatic carbocycles. The fourth-order valence-electron chi connectivity index (χ4n) is 3.07. The Kier molecular flexibility index (Phi) is 6.25. The van der Waals surface area contributed by atoms with Crippen molar-refractivity contribution < 1.29 is 18.8 Å². The fourth-order valence-corrected chi connectivity index (χ4v) is 3.07. The maximum Gasteiger partial charge on any atom is 0.286 e. The molecule has 3 rings (SSSR count). The lowest BCUT2D eigenvalue weighted by atomic mass is 10.0. The van der Waals surface area contributed by atoms with E-state index in [0.29, 0.717) is 18.7 Å². The predicted octanol–water partition coefficient (Wildman–Crippen LogP) is 1.82. The molecular formula is C20H23N3O4. The van der Waals surface area contributed by atoms with Gasteiger partial charge in [0.2, 0.25) is 5.91 Å². The highest BCUT2D eigenvalue weighted by molar-refractivity contribution is 5.94. The molecule has 3 amide bonds. The Morgan fingerprint density at radius 1 is 1.00 bits per heavy atom. The third-order valence-electron chi connectivity index (χ3n) is 4.59. The molecule has 2 aromatic rings. The van der Waals surface area contributed by atoms with Gasteiger partial charge in [-0.2, -0.15) is 0 Å². The Morgan fingerprint density at radius 2 is 1.74 bits per heavy atom. The van der Waals surface area contributed by atoms with Gasteiger partial charge in [0.15, 0.2) is 5.76 Å². The zero-order chi connectivity index (χ0) is 19.1. The number of piperidine rings is 1. The molecule has 27 heavy (non-hydrogen) atoms. The minimum absolute atomic E-state index is 0.00239. The number of carbonyl (C=O) groups is 3. The van der Waals surface area contributed by atoms with Crippen LogP contribution in [0.15, 0.2) is 53.1 Å². The number of hydrogen-bond donors (Lipinski definition) is 2. The molecule has 0 bridgehead atoms. The highest BCUT2D eigenvalue weighted by atomic mass is 16.3. The second-order valence-corrected chi connectivity index (χ2v) is 6.48. The third kappa shape index (κ3) is 5.20. The molecule has 1 aromatic heterocycles. The summed E-state index contributed by atoms with van der Waals surface area (Å²) in [6, 6.07) is 12.4. The molecule has 0 atom stereocenters. The van der Waals surface area contributed by atoms with Crippen molar-refractivity contribution in [1.82, 2.24) is 15.5 Å². The Morgan fingerprint density at radius 3 is 2.41 bits per heavy atom. The molecule has 2 N–H and O–H groups in total. The van der Waals surface area contributed by atoms with Crippen LogP contribution in [0, 0.1) is 0 Å². The van der Waals surface area contributed by atoms with Gasteiger partial charge in [-0.15, -0.1) is 0 Å². The summed E-state index contributed by atoms with van der Waals surface area (Å²) in [6.45, 7) is 1.47. The normalized spacial score (nSPS) is 14.6. The van der Waals surface area contributed by atoms with Gasteiger partial charge in [-0.25, -0.2) is 0 Å². The van der Waals surface area contributed by atoms with E-state index in [0.717, 1.165) is 12.8 Å². The molecule has 1 fully saturated rings. The van der Waals surface area contributed by atoms with E-state index in [2.05, 4.69) is 10.6 Å². The van der Waals surface area contributed by atoms with Crippen molar-refractivity contribution in [2.45, 2.75) is 25.3 Å². The summed E-state index contributed by atoms with van der Waals surface area (Å²) in [5.74, 6) is -0.170. The smallest absolute Gasteiger partial charge is 0.286 e. The molecule has 142 valence electrons. The SMILES string of the molecule is O=C(NC1CCN(C(=O)CCNC(=O)c2ccco2)CC1)c1ccccc1. The van der Waals surface area contributed by atoms with Crippen molar-refractivity contribution in [3.05, 3.63) is 60.1 Å². The topological polar surface area (TPSA) is 91.7 Å². The largest absolute Gasteiger partial charge is 0.459 e. The molecule has 0 spiro atoms. The number of amides is 3. The highest BCUT2D eigenvalue weighted by Gasteiger charge is 2.24. The van der Waals surface area contributed by atoms with E-state index in [9.17, 15) is 14.4 Å². The molecule has 1 saturated heterocycles. The van der Waals surface area contributed by atoms with Crippen LogP contribution in [0.5, 0.6) is 0 Å². The van der Waals surface area contributed by atoms with Crippen molar-refractivity contribution in [2.24, 2.45) is 0 Å². The van der Waals surface area contributed by atoms with Gasteiger partial charge in [0.05, 0.1) is 6.26 Å². The number of likely N-dealkylation sites (tertiary alicyclic amines) is 1. The molecule has 1 aliphatic heterocycles. The van der Waals surface area contributed by atoms with E-state index in [1.54, 1.807) is 29.2 Å². The minimum atomic E-state index is -0.324. The number of nitrogens with zero attached hydrogens (tertiary/aromatic N) is 1. The quantitative estimate of drug-likeness (QED) is 0.812. The first-order valence-electron chi connectivity index (χ1n) is 9.09. The first-order valence-corrected chi connectivity index (χ1v) is 9.09. The van der Waals surface area contributed by atoms with E-state index in [4.69, 9.17) is 4.42 Å². The fraction of sp³-hybridized carbons (Fsp3) is 0.350. The molecule has 1 aliphatic rings. The molecule has 2 heterocycles. The van der Waals surface area contributed by atoms with Gasteiger partial charge in [0, 0.05) is 37.7 Å². The van der Waals surface area contributed by atoms with Crippen molar-refractivity contribution in [1.29, 1.82) is 0 Å². The van der Waals surface area contributed by atoms with Gasteiger partial charge >= 0.3 is 0 Å². The van der Waals surface area contributed by atoms with Crippen molar-refractivity contribution in [2.75, 3.05) is 19.6 Å². The lowest BCUT2D eigenvalue weighted by Gasteiger charge is -2.32. The van der Waals surface area contributed by atoms with E-state index in [-0.39, 0.29) is 42.5 Å². The lowest BCUT2D eigenvalue weighted by molar-refractivity contribution is -0.132. The number of furan rings is 1. The standard InChI is InChI=1S/C20H23N3O4/c24-18(8-11-21-20(26)17-7-4-14-27-17)23-12-9-16(10-13-23)22-19(25)15-5-2-1-3-6-15/h1-7,14,16H,8-13H2,(H,21,26)(H,22,25). The number of hydrogen-bond acceptors (Lipinski definition) is 4. The average molecular weight is 369 g/mol. The van der Waals surface area contributed by atoms with Gasteiger partial charge in [-0.05, 0) is 37.1 Å². The molecule has 0 radical (unpaired) electrons. The maximum atomic E-state index is 12.3. The Hall–Kier alpha value is -3.09. The minimum Gasteiger partial charge on any atom is -0.459 e. The van der Waals surface area contributed by atoms with Gasteiger partial charge in [-0.3, -0.25) is 14.4 Å². The van der Waals surface area contributed by atoms with Crippen LogP contribution < -0.4 is 10.6 Å². The second-order valence-electron chi connectivity index (χ2n) is 6.48. The maximum absolute atomic E-state index is 12.3. The summed E-state index contributed by atoms with van der Waals surface area (Å²) in [5, 5.41) is 5.69. The van der Waals surface area contributed by atoms with Crippen LogP contribution in [0.4, 0.5) is 0 Å². The first-order chi connectivity index (χ1) is 13.1. The zero-order valence-electron chi connectivity index (χ0n) is 15.0. The number of benzene rings is 1. The third-order valence-corrected chi connectivity index (χ3v) is 4.59. The highest BCUT2D eigenvalue weighted by Crippen LogP contribution is 2.12. The van der Waals surface area contributed by atoms with Crippen molar-refractivity contribution in [3.8, 4) is 0 Å². The molecule has 1 aromatic carbocycles. The Balaban J connectivity index is 1.36. The molecule has 7 heteroatoms. The van der Waals surface area contributed by atoms with Crippen molar-refractivity contribution >= 4 is 17.7 Å². The zero-order valence-corrected chi connectivity index (χ0v) is 15.0. The van der Waals surface area contributed by atoms with Crippen LogP contribution >= 0.6 is 0 Å². The summed E-state index contributed by atoms with van der Waals surface area (Å²) < 4.78 is 5.00. The summed E-state index contributed by atoms with van der Waals surface area (Å²) in [4.78, 5) is 38.0. The Labute approximate surface area is 157 Å². The van der Waals surface area contributed by atoms with E-state index >= 15 is 0 Å². The number of rotatable bonds is 6. The summed E-state index contributed by atoms with van der Waals surface area (Å²) >= 11 is 0. The number of nitrogens with one attached hydrogen (secondary N) is 2. The van der Waals surface area contributed by atoms with Crippen LogP contribution in [0.1, 0.15) is 40.2 Å². The van der Waals surface area contributed by atoms with Crippen LogP contribution in [0.25, 0.3) is 0 Å². The first kappa shape index (κ1) is 18.7. The van der Waals surface area contributed by atoms with Gasteiger partial charge in [0.25, 0.3) is 11.8 Å². The van der Waals surface area contributed by atoms with Crippen LogP contribution in [0.2, 0.25) is 0 Å². The molecule has 7 nitrogen and oxygen atoms in total. The summed E-state index contributed by atoms with van der Waals surface area (Å²) in [6.07, 6.45) is 3.13. The number of carbonyl (C=O) groups excluding carboxylic acids is 3. The van der Waals surface area contributed by atoms with Gasteiger partial charge < -0.3 is 20.0 Å². The average Bonchev–Trinajstić information content (AvgIpc) is 3.24. The second kappa shape index (κ2) is 9.02. The monoisotopic (exact) mass is 369 g/mol. The Bertz CT molecular complexity index is 766. The van der Waals surface area contributed by atoms with E-state index in [1.165, 1.54) is 6.26 Å². The van der Waals surface area contributed by atoms with Gasteiger partial charge in [0.1, 0.15) is 0 Å². The van der Waals surface area contributed by atoms with Gasteiger partial charge in [-0.1, -0.05) is 18.2 Å². The van der Waals surface area contributed by atoms with Crippen LogP contribution in [0.3, 0.4) is 0 Å². The molecular weight excluding hydrogens is 346 g/mol. The molecule has 0 saturated carbocycles. The summed E-state index contributed by atoms with van der Waals surface area (Å²) in [7, 11) is 0. The molecule has 0 unspecified atom stereocenters. The van der Waals surface area contributed by atoms with E-state index in [1.807, 2.05) is 18.2 Å². The summed E-state index contributed by atoms with van der Waals surface area (Å²) in [5.41, 5.74) is 0.642. The van der Waals surface area contributed by atoms with Crippen LogP contribution in [-0.2, 0) is 4.79 Å².